The zero-order chi connectivity index (χ0) is 17.2. The van der Waals surface area contributed by atoms with Crippen molar-refractivity contribution in [3.63, 3.8) is 0 Å². The molecule has 0 saturated carbocycles. The molecule has 0 bridgehead atoms. The minimum Gasteiger partial charge on any atom is -0.378 e. The Bertz CT molecular complexity index is 915. The van der Waals surface area contributed by atoms with Crippen LogP contribution >= 0.6 is 0 Å². The molecule has 0 aliphatic carbocycles. The highest BCUT2D eigenvalue weighted by atomic mass is 16.5. The van der Waals surface area contributed by atoms with E-state index in [0.717, 1.165) is 46.9 Å². The van der Waals surface area contributed by atoms with Gasteiger partial charge in [-0.2, -0.15) is 0 Å². The zero-order valence-corrected chi connectivity index (χ0v) is 14.3. The monoisotopic (exact) mass is 332 g/mol. The van der Waals surface area contributed by atoms with Gasteiger partial charge in [0, 0.05) is 24.8 Å². The predicted molar refractivity (Wildman–Crippen MR) is 101 cm³/mol. The summed E-state index contributed by atoms with van der Waals surface area (Å²) in [5.41, 5.74) is 4.83. The van der Waals surface area contributed by atoms with E-state index < -0.39 is 0 Å². The minimum atomic E-state index is 0.704. The van der Waals surface area contributed by atoms with Crippen LogP contribution in [0.15, 0.2) is 43.1 Å². The number of benzene rings is 1. The van der Waals surface area contributed by atoms with Gasteiger partial charge in [-0.25, -0.2) is 9.97 Å². The van der Waals surface area contributed by atoms with E-state index in [9.17, 15) is 0 Å². The van der Waals surface area contributed by atoms with Gasteiger partial charge in [0.1, 0.15) is 5.52 Å². The maximum Gasteiger partial charge on any atom is 0.162 e. The topological polar surface area (TPSA) is 51.1 Å². The van der Waals surface area contributed by atoms with E-state index in [1.807, 2.05) is 12.3 Å². The summed E-state index contributed by atoms with van der Waals surface area (Å²) in [5.74, 6) is 1.59. The molecule has 1 fully saturated rings. The third-order valence-corrected chi connectivity index (χ3v) is 4.39. The molecule has 5 heteroatoms. The molecule has 0 amide bonds. The summed E-state index contributed by atoms with van der Waals surface area (Å²) < 4.78 is 5.48. The Morgan fingerprint density at radius 2 is 1.88 bits per heavy atom. The lowest BCUT2D eigenvalue weighted by Gasteiger charge is -2.28. The molecule has 0 atom stereocenters. The number of rotatable bonds is 3. The summed E-state index contributed by atoms with van der Waals surface area (Å²) in [4.78, 5) is 16.4. The third-order valence-electron chi connectivity index (χ3n) is 4.39. The molecule has 0 N–H and O–H groups in total. The average molecular weight is 332 g/mol. The van der Waals surface area contributed by atoms with Crippen LogP contribution in [-0.4, -0.2) is 41.3 Å². The molecule has 0 unspecified atom stereocenters. The molecule has 1 aliphatic heterocycles. The maximum atomic E-state index is 5.48. The van der Waals surface area contributed by atoms with Crippen molar-refractivity contribution in [3.05, 3.63) is 54.2 Å². The fraction of sp³-hybridized carbons (Fsp3) is 0.250. The van der Waals surface area contributed by atoms with Gasteiger partial charge >= 0.3 is 0 Å². The molecule has 3 aromatic rings. The molecular formula is C20H20N4O. The molecule has 1 saturated heterocycles. The number of hydrogen-bond donors (Lipinski definition) is 0. The molecule has 1 aromatic carbocycles. The van der Waals surface area contributed by atoms with E-state index in [1.54, 1.807) is 6.08 Å². The van der Waals surface area contributed by atoms with Gasteiger partial charge in [0.05, 0.1) is 18.7 Å². The Labute approximate surface area is 147 Å². The van der Waals surface area contributed by atoms with Gasteiger partial charge in [-0.05, 0) is 18.6 Å². The van der Waals surface area contributed by atoms with Crippen molar-refractivity contribution in [2.75, 3.05) is 31.2 Å². The molecule has 0 radical (unpaired) electrons. The van der Waals surface area contributed by atoms with E-state index in [-0.39, 0.29) is 0 Å². The van der Waals surface area contributed by atoms with Gasteiger partial charge in [-0.3, -0.25) is 4.98 Å². The van der Waals surface area contributed by atoms with Crippen LogP contribution in [0.3, 0.4) is 0 Å². The Morgan fingerprint density at radius 3 is 2.60 bits per heavy atom. The summed E-state index contributed by atoms with van der Waals surface area (Å²) in [6, 6.07) is 10.3. The number of hydrogen-bond acceptors (Lipinski definition) is 5. The number of nitrogens with zero attached hydrogens (tertiary/aromatic N) is 4. The third kappa shape index (κ3) is 3.10. The highest BCUT2D eigenvalue weighted by Gasteiger charge is 2.19. The molecule has 1 aliphatic rings. The first-order valence-electron chi connectivity index (χ1n) is 8.44. The van der Waals surface area contributed by atoms with Crippen LogP contribution in [-0.2, 0) is 4.74 Å². The van der Waals surface area contributed by atoms with Crippen LogP contribution in [0.5, 0.6) is 0 Å². The second-order valence-electron chi connectivity index (χ2n) is 6.18. The SMILES string of the molecule is C=Cc1cnc2c(N3CCOCC3)nc(-c3ccc(C)cc3)nc2c1. The molecule has 2 aromatic heterocycles. The first-order chi connectivity index (χ1) is 12.2. The number of fused-ring (bicyclic) bond motifs is 1. The van der Waals surface area contributed by atoms with E-state index in [2.05, 4.69) is 47.7 Å². The highest BCUT2D eigenvalue weighted by molar-refractivity contribution is 5.88. The lowest BCUT2D eigenvalue weighted by atomic mass is 10.1. The Balaban J connectivity index is 1.90. The zero-order valence-electron chi connectivity index (χ0n) is 14.3. The lowest BCUT2D eigenvalue weighted by Crippen LogP contribution is -2.37. The number of ether oxygens (including phenoxy) is 1. The van der Waals surface area contributed by atoms with Crippen molar-refractivity contribution in [2.24, 2.45) is 0 Å². The van der Waals surface area contributed by atoms with Gasteiger partial charge in [0.25, 0.3) is 0 Å². The van der Waals surface area contributed by atoms with Crippen molar-refractivity contribution in [1.82, 2.24) is 15.0 Å². The van der Waals surface area contributed by atoms with E-state index in [1.165, 1.54) is 5.56 Å². The number of pyridine rings is 1. The Hall–Kier alpha value is -2.79. The second-order valence-corrected chi connectivity index (χ2v) is 6.18. The largest absolute Gasteiger partial charge is 0.378 e. The van der Waals surface area contributed by atoms with Crippen LogP contribution in [0.1, 0.15) is 11.1 Å². The van der Waals surface area contributed by atoms with Crippen molar-refractivity contribution >= 4 is 22.9 Å². The maximum absolute atomic E-state index is 5.48. The lowest BCUT2D eigenvalue weighted by molar-refractivity contribution is 0.122. The molecule has 0 spiro atoms. The summed E-state index contributed by atoms with van der Waals surface area (Å²) in [5, 5.41) is 0. The number of aryl methyl sites for hydroxylation is 1. The van der Waals surface area contributed by atoms with Gasteiger partial charge in [0.2, 0.25) is 0 Å². The van der Waals surface area contributed by atoms with Crippen molar-refractivity contribution in [2.45, 2.75) is 6.92 Å². The summed E-state index contributed by atoms with van der Waals surface area (Å²) in [7, 11) is 0. The first kappa shape index (κ1) is 15.7. The van der Waals surface area contributed by atoms with Crippen LogP contribution in [0.25, 0.3) is 28.5 Å². The van der Waals surface area contributed by atoms with Gasteiger partial charge in [-0.15, -0.1) is 0 Å². The first-order valence-corrected chi connectivity index (χ1v) is 8.44. The highest BCUT2D eigenvalue weighted by Crippen LogP contribution is 2.27. The minimum absolute atomic E-state index is 0.704. The Morgan fingerprint density at radius 1 is 1.12 bits per heavy atom. The molecular weight excluding hydrogens is 312 g/mol. The number of anilines is 1. The summed E-state index contributed by atoms with van der Waals surface area (Å²) >= 11 is 0. The van der Waals surface area contributed by atoms with Gasteiger partial charge < -0.3 is 9.64 Å². The van der Waals surface area contributed by atoms with Gasteiger partial charge in [-0.1, -0.05) is 42.5 Å². The smallest absolute Gasteiger partial charge is 0.162 e. The van der Waals surface area contributed by atoms with Crippen LogP contribution in [0.2, 0.25) is 0 Å². The van der Waals surface area contributed by atoms with Crippen molar-refractivity contribution in [1.29, 1.82) is 0 Å². The Kier molecular flexibility index (Phi) is 4.15. The van der Waals surface area contributed by atoms with Crippen LogP contribution < -0.4 is 4.90 Å². The standard InChI is InChI=1S/C20H20N4O/c1-3-15-12-17-18(21-13-15)20(24-8-10-25-11-9-24)23-19(22-17)16-6-4-14(2)5-7-16/h3-7,12-13H,1,8-11H2,2H3. The quantitative estimate of drug-likeness (QED) is 0.735. The van der Waals surface area contributed by atoms with Crippen LogP contribution in [0, 0.1) is 6.92 Å². The second kappa shape index (κ2) is 6.61. The molecule has 3 heterocycles. The fourth-order valence-corrected chi connectivity index (χ4v) is 2.96. The van der Waals surface area contributed by atoms with Crippen LogP contribution in [0.4, 0.5) is 5.82 Å². The predicted octanol–water partition coefficient (Wildman–Crippen LogP) is 3.48. The summed E-state index contributed by atoms with van der Waals surface area (Å²) in [6.45, 7) is 8.93. The molecule has 5 nitrogen and oxygen atoms in total. The summed E-state index contributed by atoms with van der Waals surface area (Å²) in [6.07, 6.45) is 3.60. The number of aromatic nitrogens is 3. The fourth-order valence-electron chi connectivity index (χ4n) is 2.96. The normalized spacial score (nSPS) is 14.7. The van der Waals surface area contributed by atoms with Gasteiger partial charge in [0.15, 0.2) is 11.6 Å². The van der Waals surface area contributed by atoms with Crippen molar-refractivity contribution in [3.8, 4) is 11.4 Å². The molecule has 4 rings (SSSR count). The van der Waals surface area contributed by atoms with E-state index >= 15 is 0 Å². The van der Waals surface area contributed by atoms with E-state index in [4.69, 9.17) is 14.7 Å². The average Bonchev–Trinajstić information content (AvgIpc) is 2.68. The number of morpholine rings is 1. The molecule has 25 heavy (non-hydrogen) atoms. The molecule has 126 valence electrons. The van der Waals surface area contributed by atoms with Crippen molar-refractivity contribution < 1.29 is 4.74 Å². The van der Waals surface area contributed by atoms with E-state index in [0.29, 0.717) is 13.2 Å².